The molecule has 0 bridgehead atoms. The van der Waals surface area contributed by atoms with Crippen LogP contribution in [0.4, 0.5) is 11.4 Å². The smallest absolute Gasteiger partial charge is 0.337 e. The molecule has 0 heterocycles. The third-order valence-corrected chi connectivity index (χ3v) is 3.27. The van der Waals surface area contributed by atoms with Gasteiger partial charge in [-0.05, 0) is 42.8 Å². The fourth-order valence-electron chi connectivity index (χ4n) is 1.87. The van der Waals surface area contributed by atoms with Crippen LogP contribution < -0.4 is 4.90 Å². The van der Waals surface area contributed by atoms with E-state index in [1.54, 1.807) is 12.1 Å². The van der Waals surface area contributed by atoms with Crippen molar-refractivity contribution in [2.24, 2.45) is 0 Å². The van der Waals surface area contributed by atoms with Crippen molar-refractivity contribution in [1.82, 2.24) is 0 Å². The van der Waals surface area contributed by atoms with E-state index in [-0.39, 0.29) is 10.6 Å². The Balaban J connectivity index is 2.37. The largest absolute Gasteiger partial charge is 0.478 e. The Bertz CT molecular complexity index is 625. The normalized spacial score (nSPS) is 10.3. The maximum absolute atomic E-state index is 10.9. The van der Waals surface area contributed by atoms with Gasteiger partial charge in [-0.3, -0.25) is 0 Å². The highest BCUT2D eigenvalue weighted by Crippen LogP contribution is 2.28. The van der Waals surface area contributed by atoms with Gasteiger partial charge >= 0.3 is 5.97 Å². The molecule has 0 unspecified atom stereocenters. The summed E-state index contributed by atoms with van der Waals surface area (Å²) in [6.45, 7) is 2.03. The first-order valence-electron chi connectivity index (χ1n) is 5.82. The summed E-state index contributed by atoms with van der Waals surface area (Å²) in [7, 11) is 1.92. The van der Waals surface area contributed by atoms with Gasteiger partial charge in [-0.25, -0.2) is 4.79 Å². The second kappa shape index (κ2) is 5.33. The summed E-state index contributed by atoms with van der Waals surface area (Å²) in [4.78, 5) is 12.9. The molecule has 1 N–H and O–H groups in total. The Morgan fingerprint density at radius 3 is 2.42 bits per heavy atom. The van der Waals surface area contributed by atoms with E-state index in [4.69, 9.17) is 16.7 Å². The standard InChI is InChI=1S/C15H14ClNO2/c1-10-4-3-5-11(8-10)17(2)12-6-7-13(15(18)19)14(16)9-12/h3-9H,1-2H3,(H,18,19). The van der Waals surface area contributed by atoms with Crippen molar-refractivity contribution in [3.8, 4) is 0 Å². The van der Waals surface area contributed by atoms with Crippen LogP contribution in [0.5, 0.6) is 0 Å². The summed E-state index contributed by atoms with van der Waals surface area (Å²) in [5, 5.41) is 9.19. The molecule has 0 radical (unpaired) electrons. The number of rotatable bonds is 3. The number of carboxylic acids is 1. The minimum absolute atomic E-state index is 0.114. The molecule has 0 aliphatic heterocycles. The maximum Gasteiger partial charge on any atom is 0.337 e. The van der Waals surface area contributed by atoms with E-state index in [1.807, 2.05) is 37.1 Å². The van der Waals surface area contributed by atoms with Gasteiger partial charge in [-0.2, -0.15) is 0 Å². The summed E-state index contributed by atoms with van der Waals surface area (Å²) < 4.78 is 0. The molecule has 2 rings (SSSR count). The zero-order valence-electron chi connectivity index (χ0n) is 10.7. The van der Waals surface area contributed by atoms with E-state index in [2.05, 4.69) is 6.07 Å². The zero-order chi connectivity index (χ0) is 14.0. The molecule has 0 spiro atoms. The van der Waals surface area contributed by atoms with Crippen molar-refractivity contribution < 1.29 is 9.90 Å². The van der Waals surface area contributed by atoms with Crippen LogP contribution in [0.25, 0.3) is 0 Å². The Kier molecular flexibility index (Phi) is 3.76. The van der Waals surface area contributed by atoms with Gasteiger partial charge in [-0.15, -0.1) is 0 Å². The van der Waals surface area contributed by atoms with Gasteiger partial charge in [0.25, 0.3) is 0 Å². The highest BCUT2D eigenvalue weighted by molar-refractivity contribution is 6.33. The molecule has 0 atom stereocenters. The summed E-state index contributed by atoms with van der Waals surface area (Å²) in [5.74, 6) is -1.02. The highest BCUT2D eigenvalue weighted by Gasteiger charge is 2.11. The lowest BCUT2D eigenvalue weighted by Crippen LogP contribution is -2.10. The van der Waals surface area contributed by atoms with Gasteiger partial charge in [0.05, 0.1) is 10.6 Å². The maximum atomic E-state index is 10.9. The van der Waals surface area contributed by atoms with Crippen molar-refractivity contribution in [2.75, 3.05) is 11.9 Å². The summed E-state index contributed by atoms with van der Waals surface area (Å²) in [6, 6.07) is 13.0. The molecule has 0 saturated heterocycles. The SMILES string of the molecule is Cc1cccc(N(C)c2ccc(C(=O)O)c(Cl)c2)c1. The molecule has 0 amide bonds. The number of hydrogen-bond donors (Lipinski definition) is 1. The van der Waals surface area contributed by atoms with Crippen LogP contribution in [0.1, 0.15) is 15.9 Å². The Labute approximate surface area is 117 Å². The van der Waals surface area contributed by atoms with Crippen LogP contribution in [-0.2, 0) is 0 Å². The first kappa shape index (κ1) is 13.4. The number of benzene rings is 2. The van der Waals surface area contributed by atoms with Crippen molar-refractivity contribution in [1.29, 1.82) is 0 Å². The minimum Gasteiger partial charge on any atom is -0.478 e. The van der Waals surface area contributed by atoms with E-state index >= 15 is 0 Å². The molecule has 0 fully saturated rings. The van der Waals surface area contributed by atoms with E-state index in [9.17, 15) is 4.79 Å². The first-order valence-corrected chi connectivity index (χ1v) is 6.20. The second-order valence-electron chi connectivity index (χ2n) is 4.37. The van der Waals surface area contributed by atoms with Crippen LogP contribution >= 0.6 is 11.6 Å². The Morgan fingerprint density at radius 1 is 1.16 bits per heavy atom. The molecule has 3 nitrogen and oxygen atoms in total. The summed E-state index contributed by atoms with van der Waals surface area (Å²) >= 11 is 5.98. The summed E-state index contributed by atoms with van der Waals surface area (Å²) in [5.41, 5.74) is 3.15. The molecule has 4 heteroatoms. The van der Waals surface area contributed by atoms with E-state index in [1.165, 1.54) is 6.07 Å². The zero-order valence-corrected chi connectivity index (χ0v) is 11.5. The number of nitrogens with zero attached hydrogens (tertiary/aromatic N) is 1. The lowest BCUT2D eigenvalue weighted by molar-refractivity contribution is 0.0697. The summed E-state index contributed by atoms with van der Waals surface area (Å²) in [6.07, 6.45) is 0. The Morgan fingerprint density at radius 2 is 1.84 bits per heavy atom. The molecule has 0 aromatic heterocycles. The van der Waals surface area contributed by atoms with Crippen LogP contribution in [0.3, 0.4) is 0 Å². The lowest BCUT2D eigenvalue weighted by Gasteiger charge is -2.20. The first-order chi connectivity index (χ1) is 8.99. The predicted molar refractivity (Wildman–Crippen MR) is 77.7 cm³/mol. The molecule has 0 aliphatic carbocycles. The van der Waals surface area contributed by atoms with Crippen molar-refractivity contribution in [2.45, 2.75) is 6.92 Å². The number of aryl methyl sites for hydroxylation is 1. The molecule has 2 aromatic carbocycles. The second-order valence-corrected chi connectivity index (χ2v) is 4.77. The third-order valence-electron chi connectivity index (χ3n) is 2.96. The fourth-order valence-corrected chi connectivity index (χ4v) is 2.13. The van der Waals surface area contributed by atoms with Gasteiger partial charge < -0.3 is 10.0 Å². The monoisotopic (exact) mass is 275 g/mol. The number of carbonyl (C=O) groups is 1. The number of halogens is 1. The number of hydrogen-bond acceptors (Lipinski definition) is 2. The molecular weight excluding hydrogens is 262 g/mol. The number of anilines is 2. The van der Waals surface area contributed by atoms with Crippen molar-refractivity contribution in [3.63, 3.8) is 0 Å². The molecule has 0 saturated carbocycles. The van der Waals surface area contributed by atoms with Crippen LogP contribution in [0, 0.1) is 6.92 Å². The minimum atomic E-state index is -1.02. The van der Waals surface area contributed by atoms with Gasteiger partial charge in [0.1, 0.15) is 0 Å². The average Bonchev–Trinajstić information content (AvgIpc) is 2.37. The van der Waals surface area contributed by atoms with Gasteiger partial charge in [0.15, 0.2) is 0 Å². The van der Waals surface area contributed by atoms with Crippen LogP contribution in [0.2, 0.25) is 5.02 Å². The van der Waals surface area contributed by atoms with E-state index in [0.717, 1.165) is 16.9 Å². The molecule has 19 heavy (non-hydrogen) atoms. The quantitative estimate of drug-likeness (QED) is 0.916. The van der Waals surface area contributed by atoms with Crippen LogP contribution in [0.15, 0.2) is 42.5 Å². The average molecular weight is 276 g/mol. The molecule has 98 valence electrons. The topological polar surface area (TPSA) is 40.5 Å². The van der Waals surface area contributed by atoms with E-state index < -0.39 is 5.97 Å². The number of aromatic carboxylic acids is 1. The van der Waals surface area contributed by atoms with E-state index in [0.29, 0.717) is 0 Å². The Hall–Kier alpha value is -2.00. The molecular formula is C15H14ClNO2. The highest BCUT2D eigenvalue weighted by atomic mass is 35.5. The third kappa shape index (κ3) is 2.88. The van der Waals surface area contributed by atoms with Crippen LogP contribution in [-0.4, -0.2) is 18.1 Å². The predicted octanol–water partition coefficient (Wildman–Crippen LogP) is 4.11. The van der Waals surface area contributed by atoms with Gasteiger partial charge in [-0.1, -0.05) is 23.7 Å². The lowest BCUT2D eigenvalue weighted by atomic mass is 10.1. The van der Waals surface area contributed by atoms with Crippen molar-refractivity contribution >= 4 is 28.9 Å². The molecule has 0 aliphatic rings. The van der Waals surface area contributed by atoms with Crippen molar-refractivity contribution in [3.05, 3.63) is 58.6 Å². The van der Waals surface area contributed by atoms with Gasteiger partial charge in [0, 0.05) is 18.4 Å². The fraction of sp³-hybridized carbons (Fsp3) is 0.133. The molecule has 2 aromatic rings. The van der Waals surface area contributed by atoms with Gasteiger partial charge in [0.2, 0.25) is 0 Å². The number of carboxylic acid groups (broad SMARTS) is 1.